The van der Waals surface area contributed by atoms with Crippen molar-refractivity contribution in [3.8, 4) is 0 Å². The number of rotatable bonds is 2. The Morgan fingerprint density at radius 2 is 1.86 bits per heavy atom. The van der Waals surface area contributed by atoms with Gasteiger partial charge in [0.2, 0.25) is 0 Å². The van der Waals surface area contributed by atoms with E-state index in [0.717, 1.165) is 27.6 Å². The maximum atomic E-state index is 12.4. The van der Waals surface area contributed by atoms with Crippen molar-refractivity contribution in [1.29, 1.82) is 0 Å². The number of hydrogen-bond acceptors (Lipinski definition) is 5. The summed E-state index contributed by atoms with van der Waals surface area (Å²) < 4.78 is 6.03. The SMILES string of the molecule is CN(C1=NC(=O)/C(=C/c2cc3cnc4ccccc4c3o2)S1)c1ccccc1. The number of hydrogen-bond donors (Lipinski definition) is 0. The molecule has 0 fully saturated rings. The van der Waals surface area contributed by atoms with E-state index in [1.165, 1.54) is 11.8 Å². The van der Waals surface area contributed by atoms with Gasteiger partial charge in [0, 0.05) is 35.8 Å². The Morgan fingerprint density at radius 3 is 2.71 bits per heavy atom. The number of aromatic nitrogens is 1. The van der Waals surface area contributed by atoms with Crippen molar-refractivity contribution in [2.24, 2.45) is 4.99 Å². The van der Waals surface area contributed by atoms with Gasteiger partial charge in [-0.3, -0.25) is 9.78 Å². The average Bonchev–Trinajstić information content (AvgIpc) is 3.31. The van der Waals surface area contributed by atoms with Crippen LogP contribution >= 0.6 is 11.8 Å². The second-order valence-electron chi connectivity index (χ2n) is 6.41. The van der Waals surface area contributed by atoms with E-state index in [4.69, 9.17) is 4.42 Å². The number of fused-ring (bicyclic) bond motifs is 3. The largest absolute Gasteiger partial charge is 0.456 e. The van der Waals surface area contributed by atoms with Crippen LogP contribution in [0.3, 0.4) is 0 Å². The van der Waals surface area contributed by atoms with Crippen molar-refractivity contribution in [2.45, 2.75) is 0 Å². The molecular formula is C22H15N3O2S. The molecule has 0 atom stereocenters. The van der Waals surface area contributed by atoms with Crippen LogP contribution in [0.25, 0.3) is 27.9 Å². The molecule has 1 amide bonds. The number of carbonyl (C=O) groups excluding carboxylic acids is 1. The van der Waals surface area contributed by atoms with Gasteiger partial charge in [-0.15, -0.1) is 0 Å². The zero-order chi connectivity index (χ0) is 19.1. The predicted molar refractivity (Wildman–Crippen MR) is 114 cm³/mol. The lowest BCUT2D eigenvalue weighted by atomic mass is 10.2. The van der Waals surface area contributed by atoms with Crippen LogP contribution in [0, 0.1) is 0 Å². The molecular weight excluding hydrogens is 370 g/mol. The third-order valence-corrected chi connectivity index (χ3v) is 5.64. The summed E-state index contributed by atoms with van der Waals surface area (Å²) >= 11 is 1.34. The lowest BCUT2D eigenvalue weighted by molar-refractivity contribution is -0.113. The van der Waals surface area contributed by atoms with E-state index in [1.807, 2.05) is 72.6 Å². The fraction of sp³-hybridized carbons (Fsp3) is 0.0455. The summed E-state index contributed by atoms with van der Waals surface area (Å²) in [4.78, 5) is 23.5. The van der Waals surface area contributed by atoms with Crippen LogP contribution in [0.4, 0.5) is 5.69 Å². The molecule has 1 aliphatic rings. The van der Waals surface area contributed by atoms with Gasteiger partial charge in [-0.1, -0.05) is 30.3 Å². The fourth-order valence-electron chi connectivity index (χ4n) is 3.15. The number of anilines is 1. The molecule has 2 aromatic carbocycles. The first-order chi connectivity index (χ1) is 13.7. The number of nitrogens with zero attached hydrogens (tertiary/aromatic N) is 3. The van der Waals surface area contributed by atoms with Crippen LogP contribution < -0.4 is 4.90 Å². The minimum absolute atomic E-state index is 0.258. The van der Waals surface area contributed by atoms with Crippen molar-refractivity contribution in [2.75, 3.05) is 11.9 Å². The topological polar surface area (TPSA) is 58.7 Å². The maximum absolute atomic E-state index is 12.4. The van der Waals surface area contributed by atoms with E-state index >= 15 is 0 Å². The molecule has 4 aromatic rings. The monoisotopic (exact) mass is 385 g/mol. The molecule has 3 heterocycles. The van der Waals surface area contributed by atoms with Gasteiger partial charge in [-0.25, -0.2) is 0 Å². The van der Waals surface area contributed by atoms with Crippen molar-refractivity contribution in [3.05, 3.63) is 77.5 Å². The number of aliphatic imine (C=N–C) groups is 1. The first-order valence-electron chi connectivity index (χ1n) is 8.78. The second kappa shape index (κ2) is 6.65. The summed E-state index contributed by atoms with van der Waals surface area (Å²) in [5.74, 6) is 0.356. The molecule has 5 rings (SSSR count). The van der Waals surface area contributed by atoms with Gasteiger partial charge < -0.3 is 9.32 Å². The summed E-state index contributed by atoms with van der Waals surface area (Å²) in [5, 5.41) is 2.50. The lowest BCUT2D eigenvalue weighted by Crippen LogP contribution is -2.21. The van der Waals surface area contributed by atoms with Crippen LogP contribution in [-0.2, 0) is 4.79 Å². The normalized spacial score (nSPS) is 15.5. The van der Waals surface area contributed by atoms with E-state index in [2.05, 4.69) is 9.98 Å². The third kappa shape index (κ3) is 2.88. The predicted octanol–water partition coefficient (Wildman–Crippen LogP) is 5.09. The highest BCUT2D eigenvalue weighted by atomic mass is 32.2. The van der Waals surface area contributed by atoms with Gasteiger partial charge in [0.05, 0.1) is 10.4 Å². The third-order valence-electron chi connectivity index (χ3n) is 4.58. The molecule has 28 heavy (non-hydrogen) atoms. The van der Waals surface area contributed by atoms with Crippen LogP contribution in [-0.4, -0.2) is 23.1 Å². The van der Waals surface area contributed by atoms with Crippen molar-refractivity contribution < 1.29 is 9.21 Å². The highest BCUT2D eigenvalue weighted by Crippen LogP contribution is 2.33. The van der Waals surface area contributed by atoms with Crippen LogP contribution in [0.15, 0.2) is 81.2 Å². The molecule has 0 spiro atoms. The molecule has 0 radical (unpaired) electrons. The lowest BCUT2D eigenvalue weighted by Gasteiger charge is -2.17. The first-order valence-corrected chi connectivity index (χ1v) is 9.59. The molecule has 0 unspecified atom stereocenters. The molecule has 2 aromatic heterocycles. The van der Waals surface area contributed by atoms with Crippen molar-refractivity contribution >= 4 is 56.5 Å². The van der Waals surface area contributed by atoms with Gasteiger partial charge in [0.15, 0.2) is 5.17 Å². The number of amidine groups is 1. The molecule has 6 heteroatoms. The Morgan fingerprint density at radius 1 is 1.07 bits per heavy atom. The number of para-hydroxylation sites is 2. The van der Waals surface area contributed by atoms with E-state index in [0.29, 0.717) is 15.8 Å². The van der Waals surface area contributed by atoms with Crippen molar-refractivity contribution in [1.82, 2.24) is 4.98 Å². The summed E-state index contributed by atoms with van der Waals surface area (Å²) in [7, 11) is 1.90. The van der Waals surface area contributed by atoms with Crippen LogP contribution in [0.2, 0.25) is 0 Å². The smallest absolute Gasteiger partial charge is 0.286 e. The number of pyridine rings is 1. The van der Waals surface area contributed by atoms with E-state index < -0.39 is 0 Å². The summed E-state index contributed by atoms with van der Waals surface area (Å²) in [6.45, 7) is 0. The minimum atomic E-state index is -0.258. The molecule has 0 saturated heterocycles. The number of furan rings is 1. The Labute approximate surface area is 165 Å². The molecule has 0 bridgehead atoms. The van der Waals surface area contributed by atoms with E-state index in [-0.39, 0.29) is 5.91 Å². The number of carbonyl (C=O) groups is 1. The summed E-state index contributed by atoms with van der Waals surface area (Å²) in [6.07, 6.45) is 3.54. The Kier molecular flexibility index (Phi) is 3.98. The van der Waals surface area contributed by atoms with E-state index in [9.17, 15) is 4.79 Å². The Balaban J connectivity index is 1.47. The van der Waals surface area contributed by atoms with Crippen molar-refractivity contribution in [3.63, 3.8) is 0 Å². The molecule has 136 valence electrons. The highest BCUT2D eigenvalue weighted by Gasteiger charge is 2.25. The van der Waals surface area contributed by atoms with Gasteiger partial charge in [-0.2, -0.15) is 4.99 Å². The summed E-state index contributed by atoms with van der Waals surface area (Å²) in [5.41, 5.74) is 2.63. The highest BCUT2D eigenvalue weighted by molar-refractivity contribution is 8.18. The summed E-state index contributed by atoms with van der Waals surface area (Å²) in [6, 6.07) is 19.6. The Bertz CT molecular complexity index is 1270. The quantitative estimate of drug-likeness (QED) is 0.450. The zero-order valence-electron chi connectivity index (χ0n) is 15.0. The minimum Gasteiger partial charge on any atom is -0.456 e. The standard InChI is InChI=1S/C22H15N3O2S/c1-25(15-7-3-2-4-8-15)22-24-21(26)19(28-22)12-16-11-14-13-23-18-10-6-5-9-17(18)20(14)27-16/h2-13H,1H3/b19-12-. The molecule has 0 aliphatic carbocycles. The molecule has 0 N–H and O–H groups in total. The second-order valence-corrected chi connectivity index (χ2v) is 7.42. The average molecular weight is 385 g/mol. The fourth-order valence-corrected chi connectivity index (χ4v) is 4.03. The maximum Gasteiger partial charge on any atom is 0.286 e. The Hall–Kier alpha value is -3.38. The first kappa shape index (κ1) is 16.8. The van der Waals surface area contributed by atoms with Crippen LogP contribution in [0.1, 0.15) is 5.76 Å². The van der Waals surface area contributed by atoms with Crippen LogP contribution in [0.5, 0.6) is 0 Å². The molecule has 5 nitrogen and oxygen atoms in total. The van der Waals surface area contributed by atoms with Gasteiger partial charge in [-0.05, 0) is 42.1 Å². The number of benzene rings is 2. The molecule has 1 aliphatic heterocycles. The van der Waals surface area contributed by atoms with Gasteiger partial charge in [0.1, 0.15) is 11.3 Å². The number of amides is 1. The zero-order valence-corrected chi connectivity index (χ0v) is 15.8. The van der Waals surface area contributed by atoms with Gasteiger partial charge >= 0.3 is 0 Å². The van der Waals surface area contributed by atoms with Gasteiger partial charge in [0.25, 0.3) is 5.91 Å². The molecule has 0 saturated carbocycles. The van der Waals surface area contributed by atoms with E-state index in [1.54, 1.807) is 12.3 Å². The number of thioether (sulfide) groups is 1.